The Morgan fingerprint density at radius 3 is 2.42 bits per heavy atom. The van der Waals surface area contributed by atoms with E-state index in [0.29, 0.717) is 24.1 Å². The Morgan fingerprint density at radius 1 is 1.00 bits per heavy atom. The van der Waals surface area contributed by atoms with E-state index in [1.807, 2.05) is 24.3 Å². The lowest BCUT2D eigenvalue weighted by Crippen LogP contribution is -2.32. The molecule has 0 bridgehead atoms. The smallest absolute Gasteiger partial charge is 0.168 e. The number of benzene rings is 2. The highest BCUT2D eigenvalue weighted by Crippen LogP contribution is 2.43. The molecule has 1 aliphatic rings. The zero-order valence-electron chi connectivity index (χ0n) is 16.2. The third-order valence-electron chi connectivity index (χ3n) is 4.79. The molecule has 0 saturated heterocycles. The second-order valence-electron chi connectivity index (χ2n) is 6.62. The highest BCUT2D eigenvalue weighted by atomic mass is 16.5. The number of ether oxygens (including phenoxy) is 4. The molecule has 140 valence electrons. The molecule has 0 unspecified atom stereocenters. The van der Waals surface area contributed by atoms with Crippen LogP contribution in [0, 0.1) is 0 Å². The number of hydrogen-bond acceptors (Lipinski definition) is 5. The van der Waals surface area contributed by atoms with Crippen molar-refractivity contribution in [3.05, 3.63) is 35.9 Å². The van der Waals surface area contributed by atoms with E-state index < -0.39 is 0 Å². The maximum absolute atomic E-state index is 6.02. The van der Waals surface area contributed by atoms with Crippen molar-refractivity contribution < 1.29 is 18.9 Å². The Balaban J connectivity index is 2.13. The lowest BCUT2D eigenvalue weighted by molar-refractivity contribution is 0.187. The van der Waals surface area contributed by atoms with Crippen LogP contribution in [0.3, 0.4) is 0 Å². The third kappa shape index (κ3) is 3.44. The van der Waals surface area contributed by atoms with Crippen LogP contribution < -0.4 is 18.9 Å². The maximum Gasteiger partial charge on any atom is 0.168 e. The summed E-state index contributed by atoms with van der Waals surface area (Å²) in [5.74, 6) is 3.00. The summed E-state index contributed by atoms with van der Waals surface area (Å²) < 4.78 is 22.7. The summed E-state index contributed by atoms with van der Waals surface area (Å²) in [6.07, 6.45) is 0. The Labute approximate surface area is 155 Å². The van der Waals surface area contributed by atoms with Gasteiger partial charge in [-0.3, -0.25) is 4.90 Å². The number of para-hydroxylation sites is 1. The zero-order chi connectivity index (χ0) is 18.7. The van der Waals surface area contributed by atoms with Crippen LogP contribution in [0.4, 0.5) is 0 Å². The Hall–Kier alpha value is -2.40. The largest absolute Gasteiger partial charge is 0.493 e. The van der Waals surface area contributed by atoms with Gasteiger partial charge in [-0.15, -0.1) is 0 Å². The molecular formula is C21H27NO4. The molecule has 1 heterocycles. The van der Waals surface area contributed by atoms with Crippen LogP contribution in [-0.2, 0) is 6.54 Å². The molecule has 0 atom stereocenters. The topological polar surface area (TPSA) is 40.2 Å². The Kier molecular flexibility index (Phi) is 5.57. The monoisotopic (exact) mass is 357 g/mol. The van der Waals surface area contributed by atoms with E-state index in [9.17, 15) is 0 Å². The molecule has 0 aromatic heterocycles. The van der Waals surface area contributed by atoms with Crippen molar-refractivity contribution in [3.8, 4) is 34.1 Å². The molecule has 5 heteroatoms. The van der Waals surface area contributed by atoms with Crippen molar-refractivity contribution in [2.45, 2.75) is 26.4 Å². The van der Waals surface area contributed by atoms with Crippen molar-refractivity contribution in [2.75, 3.05) is 34.5 Å². The van der Waals surface area contributed by atoms with E-state index in [2.05, 4.69) is 24.8 Å². The first-order valence-corrected chi connectivity index (χ1v) is 8.88. The van der Waals surface area contributed by atoms with Gasteiger partial charge in [-0.2, -0.15) is 0 Å². The number of methoxy groups -OCH3 is 3. The van der Waals surface area contributed by atoms with Crippen LogP contribution in [0.5, 0.6) is 23.0 Å². The van der Waals surface area contributed by atoms with Crippen molar-refractivity contribution in [2.24, 2.45) is 0 Å². The van der Waals surface area contributed by atoms with Crippen molar-refractivity contribution in [1.82, 2.24) is 4.90 Å². The van der Waals surface area contributed by atoms with Crippen molar-refractivity contribution in [1.29, 1.82) is 0 Å². The van der Waals surface area contributed by atoms with Gasteiger partial charge in [0.25, 0.3) is 0 Å². The molecule has 5 nitrogen and oxygen atoms in total. The molecule has 0 N–H and O–H groups in total. The molecule has 2 aromatic carbocycles. The summed E-state index contributed by atoms with van der Waals surface area (Å²) in [6.45, 7) is 6.79. The fourth-order valence-corrected chi connectivity index (χ4v) is 3.37. The molecule has 0 amide bonds. The minimum Gasteiger partial charge on any atom is -0.493 e. The van der Waals surface area contributed by atoms with Gasteiger partial charge in [0.2, 0.25) is 0 Å². The molecule has 0 saturated carbocycles. The van der Waals surface area contributed by atoms with Gasteiger partial charge in [0.1, 0.15) is 6.61 Å². The van der Waals surface area contributed by atoms with Crippen LogP contribution in [-0.4, -0.2) is 45.4 Å². The summed E-state index contributed by atoms with van der Waals surface area (Å²) in [5, 5.41) is 0. The average Bonchev–Trinajstić information content (AvgIpc) is 2.88. The number of nitrogens with zero attached hydrogens (tertiary/aromatic N) is 1. The van der Waals surface area contributed by atoms with Crippen LogP contribution in [0.25, 0.3) is 11.1 Å². The summed E-state index contributed by atoms with van der Waals surface area (Å²) in [7, 11) is 4.98. The van der Waals surface area contributed by atoms with Gasteiger partial charge in [-0.25, -0.2) is 0 Å². The second kappa shape index (κ2) is 7.87. The molecule has 1 aliphatic heterocycles. The predicted octanol–water partition coefficient (Wildman–Crippen LogP) is 3.98. The van der Waals surface area contributed by atoms with Gasteiger partial charge >= 0.3 is 0 Å². The lowest BCUT2D eigenvalue weighted by atomic mass is 10.00. The molecule has 3 rings (SSSR count). The average molecular weight is 357 g/mol. The zero-order valence-corrected chi connectivity index (χ0v) is 16.2. The van der Waals surface area contributed by atoms with Gasteiger partial charge in [0.05, 0.1) is 21.3 Å². The van der Waals surface area contributed by atoms with Crippen LogP contribution >= 0.6 is 0 Å². The second-order valence-corrected chi connectivity index (χ2v) is 6.62. The summed E-state index contributed by atoms with van der Waals surface area (Å²) in [6, 6.07) is 10.5. The molecule has 26 heavy (non-hydrogen) atoms. The first kappa shape index (κ1) is 18.4. The lowest BCUT2D eigenvalue weighted by Gasteiger charge is -2.24. The highest BCUT2D eigenvalue weighted by molar-refractivity contribution is 5.77. The minimum absolute atomic E-state index is 0.450. The van der Waals surface area contributed by atoms with E-state index in [-0.39, 0.29) is 0 Å². The van der Waals surface area contributed by atoms with Gasteiger partial charge in [-0.1, -0.05) is 12.1 Å². The minimum atomic E-state index is 0.450. The van der Waals surface area contributed by atoms with Gasteiger partial charge in [0.15, 0.2) is 23.0 Å². The van der Waals surface area contributed by atoms with Crippen LogP contribution in [0.15, 0.2) is 30.3 Å². The molecule has 0 fully saturated rings. The van der Waals surface area contributed by atoms with E-state index >= 15 is 0 Å². The molecule has 2 aromatic rings. The first-order valence-electron chi connectivity index (χ1n) is 8.88. The predicted molar refractivity (Wildman–Crippen MR) is 103 cm³/mol. The van der Waals surface area contributed by atoms with Gasteiger partial charge in [0, 0.05) is 30.3 Å². The van der Waals surface area contributed by atoms with Crippen molar-refractivity contribution >= 4 is 0 Å². The Bertz CT molecular complexity index is 773. The number of rotatable bonds is 5. The molecule has 0 radical (unpaired) electrons. The van der Waals surface area contributed by atoms with Crippen LogP contribution in [0.2, 0.25) is 0 Å². The van der Waals surface area contributed by atoms with Crippen LogP contribution in [0.1, 0.15) is 19.4 Å². The fourth-order valence-electron chi connectivity index (χ4n) is 3.37. The van der Waals surface area contributed by atoms with Crippen molar-refractivity contribution in [3.63, 3.8) is 0 Å². The van der Waals surface area contributed by atoms with E-state index in [1.54, 1.807) is 21.3 Å². The summed E-state index contributed by atoms with van der Waals surface area (Å²) >= 11 is 0. The fraction of sp³-hybridized carbons (Fsp3) is 0.429. The first-order chi connectivity index (χ1) is 12.6. The molecule has 0 spiro atoms. The highest BCUT2D eigenvalue weighted by Gasteiger charge is 2.23. The number of fused-ring (bicyclic) bond motifs is 1. The third-order valence-corrected chi connectivity index (χ3v) is 4.79. The van der Waals surface area contributed by atoms with Gasteiger partial charge < -0.3 is 18.9 Å². The SMILES string of the molecule is COc1cc(-c2cccc(OC)c2OC)cc2c1OCCN(C(C)C)C2. The summed E-state index contributed by atoms with van der Waals surface area (Å²) in [4.78, 5) is 2.40. The molecular weight excluding hydrogens is 330 g/mol. The maximum atomic E-state index is 6.02. The normalized spacial score (nSPS) is 14.4. The summed E-state index contributed by atoms with van der Waals surface area (Å²) in [5.41, 5.74) is 3.11. The van der Waals surface area contributed by atoms with E-state index in [1.165, 1.54) is 0 Å². The molecule has 0 aliphatic carbocycles. The van der Waals surface area contributed by atoms with E-state index in [0.717, 1.165) is 41.3 Å². The number of hydrogen-bond donors (Lipinski definition) is 0. The Morgan fingerprint density at radius 2 is 1.77 bits per heavy atom. The van der Waals surface area contributed by atoms with Gasteiger partial charge in [-0.05, 0) is 37.6 Å². The quantitative estimate of drug-likeness (QED) is 0.809. The van der Waals surface area contributed by atoms with E-state index in [4.69, 9.17) is 18.9 Å². The standard InChI is InChI=1S/C21H27NO4/c1-14(2)22-9-10-26-20-16(13-22)11-15(12-19(20)24-4)17-7-6-8-18(23-3)21(17)25-5/h6-8,11-12,14H,9-10,13H2,1-5H3.